The maximum atomic E-state index is 12.2. The van der Waals surface area contributed by atoms with Gasteiger partial charge in [0.25, 0.3) is 0 Å². The number of hydrogen-bond donors (Lipinski definition) is 1. The van der Waals surface area contributed by atoms with E-state index in [0.717, 1.165) is 5.56 Å². The van der Waals surface area contributed by atoms with Crippen molar-refractivity contribution in [2.45, 2.75) is 11.5 Å². The average Bonchev–Trinajstić information content (AvgIpc) is 2.63. The highest BCUT2D eigenvalue weighted by Crippen LogP contribution is 2.28. The number of esters is 1. The van der Waals surface area contributed by atoms with Crippen molar-refractivity contribution in [3.8, 4) is 0 Å². The summed E-state index contributed by atoms with van der Waals surface area (Å²) in [5, 5.41) is 1.21. The molecule has 5 nitrogen and oxygen atoms in total. The minimum atomic E-state index is -3.47. The molecule has 0 unspecified atom stereocenters. The van der Waals surface area contributed by atoms with Gasteiger partial charge in [-0.15, -0.1) is 0 Å². The molecular formula is C18H19Cl2NO4S2. The third kappa shape index (κ3) is 7.01. The predicted molar refractivity (Wildman–Crippen MR) is 111 cm³/mol. The summed E-state index contributed by atoms with van der Waals surface area (Å²) in [6.45, 7) is 0.301. The van der Waals surface area contributed by atoms with E-state index < -0.39 is 16.0 Å². The molecule has 146 valence electrons. The van der Waals surface area contributed by atoms with E-state index in [9.17, 15) is 13.2 Å². The number of methoxy groups -OCH3 is 1. The summed E-state index contributed by atoms with van der Waals surface area (Å²) in [4.78, 5) is 11.4. The van der Waals surface area contributed by atoms with Crippen LogP contribution < -0.4 is 4.72 Å². The fourth-order valence-corrected chi connectivity index (χ4v) is 5.11. The molecule has 0 aliphatic heterocycles. The van der Waals surface area contributed by atoms with Gasteiger partial charge in [-0.1, -0.05) is 41.4 Å². The van der Waals surface area contributed by atoms with Gasteiger partial charge in [0.05, 0.1) is 18.4 Å². The Morgan fingerprint density at radius 2 is 1.74 bits per heavy atom. The van der Waals surface area contributed by atoms with Crippen molar-refractivity contribution in [2.75, 3.05) is 19.4 Å². The number of ether oxygens (including phenoxy) is 1. The van der Waals surface area contributed by atoms with Crippen LogP contribution in [-0.2, 0) is 26.3 Å². The van der Waals surface area contributed by atoms with Crippen LogP contribution in [0.1, 0.15) is 21.5 Å². The Balaban J connectivity index is 1.79. The molecule has 0 saturated heterocycles. The minimum absolute atomic E-state index is 0.157. The van der Waals surface area contributed by atoms with Gasteiger partial charge in [0.15, 0.2) is 0 Å². The zero-order chi connectivity index (χ0) is 19.9. The van der Waals surface area contributed by atoms with E-state index in [-0.39, 0.29) is 5.75 Å². The lowest BCUT2D eigenvalue weighted by atomic mass is 10.1. The molecule has 2 aromatic rings. The Bertz CT molecular complexity index is 866. The molecule has 0 heterocycles. The van der Waals surface area contributed by atoms with Crippen molar-refractivity contribution < 1.29 is 17.9 Å². The van der Waals surface area contributed by atoms with E-state index in [1.54, 1.807) is 54.2 Å². The smallest absolute Gasteiger partial charge is 0.337 e. The maximum Gasteiger partial charge on any atom is 0.337 e. The highest BCUT2D eigenvalue weighted by atomic mass is 35.5. The molecular weight excluding hydrogens is 429 g/mol. The molecule has 9 heteroatoms. The third-order valence-electron chi connectivity index (χ3n) is 3.61. The second kappa shape index (κ2) is 10.3. The van der Waals surface area contributed by atoms with Crippen molar-refractivity contribution in [3.63, 3.8) is 0 Å². The third-order valence-corrected chi connectivity index (χ3v) is 6.66. The van der Waals surface area contributed by atoms with Gasteiger partial charge in [-0.05, 0) is 35.4 Å². The number of carbonyl (C=O) groups excluding carboxylic acids is 1. The molecule has 0 aromatic heterocycles. The molecule has 0 aliphatic rings. The Morgan fingerprint density at radius 1 is 1.11 bits per heavy atom. The largest absolute Gasteiger partial charge is 0.465 e. The molecule has 0 bridgehead atoms. The highest BCUT2D eigenvalue weighted by molar-refractivity contribution is 7.98. The van der Waals surface area contributed by atoms with Gasteiger partial charge in [0.2, 0.25) is 10.0 Å². The van der Waals surface area contributed by atoms with E-state index in [1.807, 2.05) is 0 Å². The second-order valence-electron chi connectivity index (χ2n) is 5.59. The maximum absolute atomic E-state index is 12.2. The standard InChI is InChI=1S/C18H19Cl2NO4S2/c1-25-18(22)14-7-5-13(6-8-14)12-27(23,24)21-9-10-26-11-15-16(19)3-2-4-17(15)20/h2-8,21H,9-12H2,1H3. The van der Waals surface area contributed by atoms with Gasteiger partial charge in [0, 0.05) is 28.1 Å². The predicted octanol–water partition coefficient (Wildman–Crippen LogP) is 4.13. The summed E-state index contributed by atoms with van der Waals surface area (Å²) in [6, 6.07) is 11.6. The molecule has 0 fully saturated rings. The Labute approximate surface area is 173 Å². The lowest BCUT2D eigenvalue weighted by molar-refractivity contribution is 0.0600. The van der Waals surface area contributed by atoms with Crippen LogP contribution in [0, 0.1) is 0 Å². The Hall–Kier alpha value is -1.25. The first kappa shape index (κ1) is 22.0. The number of rotatable bonds is 9. The summed E-state index contributed by atoms with van der Waals surface area (Å²) in [7, 11) is -2.17. The lowest BCUT2D eigenvalue weighted by Gasteiger charge is -2.09. The van der Waals surface area contributed by atoms with Crippen molar-refractivity contribution >= 4 is 51.0 Å². The quantitative estimate of drug-likeness (QED) is 0.461. The van der Waals surface area contributed by atoms with Crippen molar-refractivity contribution in [3.05, 3.63) is 69.2 Å². The molecule has 0 spiro atoms. The van der Waals surface area contributed by atoms with Crippen molar-refractivity contribution in [2.24, 2.45) is 0 Å². The molecule has 0 amide bonds. The molecule has 2 rings (SSSR count). The van der Waals surface area contributed by atoms with E-state index in [0.29, 0.717) is 39.2 Å². The summed E-state index contributed by atoms with van der Waals surface area (Å²) < 4.78 is 31.5. The van der Waals surface area contributed by atoms with Crippen molar-refractivity contribution in [1.29, 1.82) is 0 Å². The molecule has 0 radical (unpaired) electrons. The van der Waals surface area contributed by atoms with E-state index >= 15 is 0 Å². The molecule has 0 saturated carbocycles. The van der Waals surface area contributed by atoms with E-state index in [1.165, 1.54) is 7.11 Å². The number of hydrogen-bond acceptors (Lipinski definition) is 5. The van der Waals surface area contributed by atoms with Crippen molar-refractivity contribution in [1.82, 2.24) is 4.72 Å². The summed E-state index contributed by atoms with van der Waals surface area (Å²) in [5.74, 6) is 0.574. The van der Waals surface area contributed by atoms with Gasteiger partial charge in [-0.25, -0.2) is 17.9 Å². The van der Waals surface area contributed by atoms with Gasteiger partial charge in [-0.2, -0.15) is 11.8 Å². The second-order valence-corrected chi connectivity index (χ2v) is 9.32. The van der Waals surface area contributed by atoms with Crippen LogP contribution >= 0.6 is 35.0 Å². The van der Waals surface area contributed by atoms with Gasteiger partial charge in [-0.3, -0.25) is 0 Å². The van der Waals surface area contributed by atoms with Crippen LogP contribution in [0.2, 0.25) is 10.0 Å². The van der Waals surface area contributed by atoms with Gasteiger partial charge in [0.1, 0.15) is 0 Å². The number of benzene rings is 2. The van der Waals surface area contributed by atoms with E-state index in [2.05, 4.69) is 9.46 Å². The zero-order valence-corrected chi connectivity index (χ0v) is 17.7. The summed E-state index contributed by atoms with van der Waals surface area (Å²) in [6.07, 6.45) is 0. The number of carbonyl (C=O) groups is 1. The van der Waals surface area contributed by atoms with Crippen LogP contribution in [0.3, 0.4) is 0 Å². The highest BCUT2D eigenvalue weighted by Gasteiger charge is 2.12. The first-order valence-corrected chi connectivity index (χ1v) is 11.5. The van der Waals surface area contributed by atoms with Gasteiger partial charge < -0.3 is 4.74 Å². The number of nitrogens with one attached hydrogen (secondary N) is 1. The van der Waals surface area contributed by atoms with Crippen LogP contribution in [0.4, 0.5) is 0 Å². The number of sulfonamides is 1. The Kier molecular flexibility index (Phi) is 8.44. The lowest BCUT2D eigenvalue weighted by Crippen LogP contribution is -2.27. The molecule has 1 N–H and O–H groups in total. The number of halogens is 2. The van der Waals surface area contributed by atoms with Crippen LogP contribution in [0.5, 0.6) is 0 Å². The van der Waals surface area contributed by atoms with E-state index in [4.69, 9.17) is 23.2 Å². The molecule has 2 aromatic carbocycles. The van der Waals surface area contributed by atoms with Crippen LogP contribution in [0.25, 0.3) is 0 Å². The van der Waals surface area contributed by atoms with Gasteiger partial charge >= 0.3 is 5.97 Å². The van der Waals surface area contributed by atoms with Crippen LogP contribution in [-0.4, -0.2) is 33.8 Å². The normalized spacial score (nSPS) is 11.4. The molecule has 27 heavy (non-hydrogen) atoms. The minimum Gasteiger partial charge on any atom is -0.465 e. The number of thioether (sulfide) groups is 1. The summed E-state index contributed by atoms with van der Waals surface area (Å²) >= 11 is 13.8. The fraction of sp³-hybridized carbons (Fsp3) is 0.278. The first-order valence-electron chi connectivity index (χ1n) is 7.97. The first-order chi connectivity index (χ1) is 12.8. The molecule has 0 aliphatic carbocycles. The van der Waals surface area contributed by atoms with Crippen LogP contribution in [0.15, 0.2) is 42.5 Å². The molecule has 0 atom stereocenters. The Morgan fingerprint density at radius 3 is 2.33 bits per heavy atom. The zero-order valence-electron chi connectivity index (χ0n) is 14.6. The topological polar surface area (TPSA) is 72.5 Å². The monoisotopic (exact) mass is 447 g/mol. The summed E-state index contributed by atoms with van der Waals surface area (Å²) in [5.41, 5.74) is 1.81. The fourth-order valence-electron chi connectivity index (χ4n) is 2.24. The average molecular weight is 448 g/mol. The SMILES string of the molecule is COC(=O)c1ccc(CS(=O)(=O)NCCSCc2c(Cl)cccc2Cl)cc1.